The van der Waals surface area contributed by atoms with E-state index in [4.69, 9.17) is 5.73 Å². The molecule has 0 unspecified atom stereocenters. The fraction of sp³-hybridized carbons (Fsp3) is 0.571. The number of nitrogens with zero attached hydrogens (tertiary/aromatic N) is 2. The van der Waals surface area contributed by atoms with E-state index in [2.05, 4.69) is 4.98 Å². The minimum atomic E-state index is -0.441. The Morgan fingerprint density at radius 2 is 2.06 bits per heavy atom. The highest BCUT2D eigenvalue weighted by molar-refractivity contribution is 5.82. The summed E-state index contributed by atoms with van der Waals surface area (Å²) in [5.74, 6) is 0.150. The van der Waals surface area contributed by atoms with Crippen molar-refractivity contribution >= 4 is 5.91 Å². The first-order valence-corrected chi connectivity index (χ1v) is 6.38. The van der Waals surface area contributed by atoms with Gasteiger partial charge in [-0.05, 0) is 31.4 Å². The van der Waals surface area contributed by atoms with Crippen LogP contribution in [-0.4, -0.2) is 27.9 Å². The Bertz CT molecular complexity index is 376. The normalized spacial score (nSPS) is 12.8. The number of carbonyl (C=O) groups is 1. The summed E-state index contributed by atoms with van der Waals surface area (Å²) < 4.78 is 0. The molecule has 0 saturated carbocycles. The quantitative estimate of drug-likeness (QED) is 0.865. The van der Waals surface area contributed by atoms with Crippen LogP contribution in [0.15, 0.2) is 24.5 Å². The first kappa shape index (κ1) is 14.6. The third-order valence-electron chi connectivity index (χ3n) is 2.99. The standard InChI is InChI=1S/C14H23N3O/c1-10(2)13(15)14(18)17(11(3)4)9-12-6-5-7-16-8-12/h5-8,10-11,13H,9,15H2,1-4H3/t13-/m0/s1. The Morgan fingerprint density at radius 1 is 1.39 bits per heavy atom. The first-order valence-electron chi connectivity index (χ1n) is 6.38. The lowest BCUT2D eigenvalue weighted by Crippen LogP contribution is -2.48. The number of carbonyl (C=O) groups excluding carboxylic acids is 1. The molecule has 0 aliphatic carbocycles. The minimum absolute atomic E-state index is 0.00357. The number of hydrogen-bond acceptors (Lipinski definition) is 3. The summed E-state index contributed by atoms with van der Waals surface area (Å²) in [5, 5.41) is 0. The summed E-state index contributed by atoms with van der Waals surface area (Å²) >= 11 is 0. The van der Waals surface area contributed by atoms with Gasteiger partial charge in [-0.1, -0.05) is 19.9 Å². The van der Waals surface area contributed by atoms with E-state index in [0.717, 1.165) is 5.56 Å². The van der Waals surface area contributed by atoms with E-state index >= 15 is 0 Å². The van der Waals surface area contributed by atoms with Gasteiger partial charge < -0.3 is 10.6 Å². The van der Waals surface area contributed by atoms with E-state index in [0.29, 0.717) is 6.54 Å². The average molecular weight is 249 g/mol. The molecule has 2 N–H and O–H groups in total. The van der Waals surface area contributed by atoms with Gasteiger partial charge >= 0.3 is 0 Å². The Kier molecular flexibility index (Phi) is 5.28. The molecule has 0 spiro atoms. The van der Waals surface area contributed by atoms with Crippen molar-refractivity contribution in [3.63, 3.8) is 0 Å². The maximum atomic E-state index is 12.3. The van der Waals surface area contributed by atoms with Crippen molar-refractivity contribution in [3.05, 3.63) is 30.1 Å². The van der Waals surface area contributed by atoms with E-state index in [1.807, 2.05) is 44.7 Å². The fourth-order valence-corrected chi connectivity index (χ4v) is 1.68. The molecule has 4 heteroatoms. The lowest BCUT2D eigenvalue weighted by Gasteiger charge is -2.30. The number of hydrogen-bond donors (Lipinski definition) is 1. The smallest absolute Gasteiger partial charge is 0.240 e. The van der Waals surface area contributed by atoms with Crippen molar-refractivity contribution in [3.8, 4) is 0 Å². The topological polar surface area (TPSA) is 59.2 Å². The summed E-state index contributed by atoms with van der Waals surface area (Å²) in [6.07, 6.45) is 3.51. The molecular formula is C14H23N3O. The molecule has 1 amide bonds. The summed E-state index contributed by atoms with van der Waals surface area (Å²) in [6, 6.07) is 3.53. The van der Waals surface area contributed by atoms with Gasteiger partial charge in [0.25, 0.3) is 0 Å². The van der Waals surface area contributed by atoms with Gasteiger partial charge in [0.2, 0.25) is 5.91 Å². The third-order valence-corrected chi connectivity index (χ3v) is 2.99. The van der Waals surface area contributed by atoms with Crippen LogP contribution in [0.1, 0.15) is 33.3 Å². The van der Waals surface area contributed by atoms with Crippen LogP contribution in [0.2, 0.25) is 0 Å². The van der Waals surface area contributed by atoms with Crippen molar-refractivity contribution in [2.24, 2.45) is 11.7 Å². The molecule has 0 radical (unpaired) electrons. The number of rotatable bonds is 5. The number of nitrogens with two attached hydrogens (primary N) is 1. The van der Waals surface area contributed by atoms with Crippen molar-refractivity contribution < 1.29 is 4.79 Å². The van der Waals surface area contributed by atoms with Gasteiger partial charge in [0, 0.05) is 25.0 Å². The summed E-state index contributed by atoms with van der Waals surface area (Å²) in [6.45, 7) is 8.49. The van der Waals surface area contributed by atoms with Crippen LogP contribution < -0.4 is 5.73 Å². The third kappa shape index (κ3) is 3.81. The van der Waals surface area contributed by atoms with Crippen LogP contribution in [0, 0.1) is 5.92 Å². The van der Waals surface area contributed by atoms with Crippen LogP contribution in [0.25, 0.3) is 0 Å². The predicted molar refractivity (Wildman–Crippen MR) is 72.7 cm³/mol. The average Bonchev–Trinajstić information content (AvgIpc) is 2.35. The number of aromatic nitrogens is 1. The molecule has 1 aromatic heterocycles. The van der Waals surface area contributed by atoms with Gasteiger partial charge in [-0.15, -0.1) is 0 Å². The molecule has 0 aliphatic rings. The SMILES string of the molecule is CC(C)[C@H](N)C(=O)N(Cc1cccnc1)C(C)C. The molecule has 1 atom stereocenters. The minimum Gasteiger partial charge on any atom is -0.335 e. The fourth-order valence-electron chi connectivity index (χ4n) is 1.68. The van der Waals surface area contributed by atoms with Crippen LogP contribution in [-0.2, 0) is 11.3 Å². The first-order chi connectivity index (χ1) is 8.43. The van der Waals surface area contributed by atoms with E-state index < -0.39 is 6.04 Å². The van der Waals surface area contributed by atoms with Crippen molar-refractivity contribution in [1.29, 1.82) is 0 Å². The van der Waals surface area contributed by atoms with Crippen LogP contribution >= 0.6 is 0 Å². The largest absolute Gasteiger partial charge is 0.335 e. The van der Waals surface area contributed by atoms with Gasteiger partial charge in [-0.25, -0.2) is 0 Å². The molecule has 1 rings (SSSR count). The second-order valence-electron chi connectivity index (χ2n) is 5.19. The highest BCUT2D eigenvalue weighted by atomic mass is 16.2. The maximum Gasteiger partial charge on any atom is 0.240 e. The van der Waals surface area contributed by atoms with Crippen LogP contribution in [0.4, 0.5) is 0 Å². The van der Waals surface area contributed by atoms with Gasteiger partial charge in [0.1, 0.15) is 0 Å². The molecule has 0 aromatic carbocycles. The van der Waals surface area contributed by atoms with Crippen molar-refractivity contribution in [1.82, 2.24) is 9.88 Å². The maximum absolute atomic E-state index is 12.3. The van der Waals surface area contributed by atoms with E-state index in [1.165, 1.54) is 0 Å². The Hall–Kier alpha value is -1.42. The molecule has 0 fully saturated rings. The van der Waals surface area contributed by atoms with Gasteiger partial charge in [0.15, 0.2) is 0 Å². The van der Waals surface area contributed by atoms with E-state index in [9.17, 15) is 4.79 Å². The van der Waals surface area contributed by atoms with Crippen molar-refractivity contribution in [2.75, 3.05) is 0 Å². The molecule has 0 aliphatic heterocycles. The molecular weight excluding hydrogens is 226 g/mol. The second-order valence-corrected chi connectivity index (χ2v) is 5.19. The highest BCUT2D eigenvalue weighted by Crippen LogP contribution is 2.11. The monoisotopic (exact) mass is 249 g/mol. The van der Waals surface area contributed by atoms with E-state index in [1.54, 1.807) is 12.4 Å². The second kappa shape index (κ2) is 6.50. The lowest BCUT2D eigenvalue weighted by molar-refractivity contribution is -0.136. The van der Waals surface area contributed by atoms with Crippen LogP contribution in [0.5, 0.6) is 0 Å². The molecule has 1 aromatic rings. The zero-order valence-electron chi connectivity index (χ0n) is 11.6. The predicted octanol–water partition coefficient (Wildman–Crippen LogP) is 1.80. The lowest BCUT2D eigenvalue weighted by atomic mass is 10.0. The zero-order valence-corrected chi connectivity index (χ0v) is 11.6. The Morgan fingerprint density at radius 3 is 2.50 bits per heavy atom. The van der Waals surface area contributed by atoms with Crippen molar-refractivity contribution in [2.45, 2.75) is 46.3 Å². The molecule has 4 nitrogen and oxygen atoms in total. The number of pyridine rings is 1. The Balaban J connectivity index is 2.81. The zero-order chi connectivity index (χ0) is 13.7. The Labute approximate surface area is 109 Å². The molecule has 0 bridgehead atoms. The molecule has 0 saturated heterocycles. The molecule has 100 valence electrons. The van der Waals surface area contributed by atoms with Crippen LogP contribution in [0.3, 0.4) is 0 Å². The van der Waals surface area contributed by atoms with Gasteiger partial charge in [-0.3, -0.25) is 9.78 Å². The highest BCUT2D eigenvalue weighted by Gasteiger charge is 2.25. The van der Waals surface area contributed by atoms with Gasteiger partial charge in [0.05, 0.1) is 6.04 Å². The summed E-state index contributed by atoms with van der Waals surface area (Å²) in [7, 11) is 0. The van der Waals surface area contributed by atoms with Gasteiger partial charge in [-0.2, -0.15) is 0 Å². The molecule has 18 heavy (non-hydrogen) atoms. The van der Waals surface area contributed by atoms with E-state index in [-0.39, 0.29) is 17.9 Å². The number of amides is 1. The molecule has 1 heterocycles. The summed E-state index contributed by atoms with van der Waals surface area (Å²) in [4.78, 5) is 18.2. The summed E-state index contributed by atoms with van der Waals surface area (Å²) in [5.41, 5.74) is 6.97.